The molecule has 0 aliphatic rings. The molecule has 0 saturated heterocycles. The first kappa shape index (κ1) is 18.5. The summed E-state index contributed by atoms with van der Waals surface area (Å²) >= 11 is 0. The van der Waals surface area contributed by atoms with Gasteiger partial charge in [-0.05, 0) is 22.9 Å². The molecule has 0 unspecified atom stereocenters. The molecule has 0 saturated carbocycles. The maximum atomic E-state index is 11.9. The van der Waals surface area contributed by atoms with Crippen molar-refractivity contribution in [1.29, 1.82) is 0 Å². The Labute approximate surface area is 176 Å². The van der Waals surface area contributed by atoms with Gasteiger partial charge in [-0.2, -0.15) is 9.97 Å². The monoisotopic (exact) mass is 409 g/mol. The maximum absolute atomic E-state index is 11.9. The Morgan fingerprint density at radius 3 is 1.58 bits per heavy atom. The van der Waals surface area contributed by atoms with Crippen molar-refractivity contribution in [2.45, 2.75) is 0 Å². The van der Waals surface area contributed by atoms with Gasteiger partial charge < -0.3 is 9.47 Å². The second kappa shape index (κ2) is 7.72. The van der Waals surface area contributed by atoms with Crippen LogP contribution in [0.4, 0.5) is 5.69 Å². The quantitative estimate of drug-likeness (QED) is 0.251. The van der Waals surface area contributed by atoms with Gasteiger partial charge in [0.15, 0.2) is 0 Å². The molecule has 4 aromatic carbocycles. The highest BCUT2D eigenvalue weighted by Crippen LogP contribution is 2.40. The van der Waals surface area contributed by atoms with Gasteiger partial charge in [-0.25, -0.2) is 0 Å². The van der Waals surface area contributed by atoms with Crippen molar-refractivity contribution in [2.24, 2.45) is 0 Å². The number of fused-ring (bicyclic) bond motifs is 2. The maximum Gasteiger partial charge on any atom is 0.393 e. The summed E-state index contributed by atoms with van der Waals surface area (Å²) in [7, 11) is 0. The fraction of sp³-hybridized carbons (Fsp3) is 0. The topological polar surface area (TPSA) is 87.4 Å². The normalized spacial score (nSPS) is 10.8. The van der Waals surface area contributed by atoms with Gasteiger partial charge in [0.1, 0.15) is 17.8 Å². The lowest BCUT2D eigenvalue weighted by Gasteiger charge is -2.11. The van der Waals surface area contributed by atoms with Crippen molar-refractivity contribution in [1.82, 2.24) is 9.97 Å². The number of hydrogen-bond acceptors (Lipinski definition) is 6. The van der Waals surface area contributed by atoms with E-state index in [2.05, 4.69) is 9.97 Å². The zero-order chi connectivity index (χ0) is 21.2. The molecule has 0 bridgehead atoms. The highest BCUT2D eigenvalue weighted by molar-refractivity contribution is 5.89. The minimum absolute atomic E-state index is 0.188. The van der Waals surface area contributed by atoms with E-state index >= 15 is 0 Å². The minimum Gasteiger partial charge on any atom is -0.433 e. The SMILES string of the molecule is O=[N+]([O-])c1c(Oc2cccc3ccccc23)ncnc1Oc1cccc2ccccc12. The molecule has 0 atom stereocenters. The largest absolute Gasteiger partial charge is 0.433 e. The minimum atomic E-state index is -0.596. The van der Waals surface area contributed by atoms with Crippen molar-refractivity contribution in [3.63, 3.8) is 0 Å². The van der Waals surface area contributed by atoms with Crippen LogP contribution in [0, 0.1) is 10.1 Å². The molecule has 150 valence electrons. The van der Waals surface area contributed by atoms with Crippen molar-refractivity contribution in [2.75, 3.05) is 0 Å². The Bertz CT molecular complexity index is 1330. The number of ether oxygens (including phenoxy) is 2. The summed E-state index contributed by atoms with van der Waals surface area (Å²) in [5, 5.41) is 15.4. The second-order valence-electron chi connectivity index (χ2n) is 6.75. The zero-order valence-electron chi connectivity index (χ0n) is 16.1. The summed E-state index contributed by atoms with van der Waals surface area (Å²) in [6.45, 7) is 0. The standard InChI is InChI=1S/C24H15N3O4/c28-27(29)22-23(30-20-13-5-9-16-7-1-3-11-18(16)20)25-15-26-24(22)31-21-14-6-10-17-8-2-4-12-19(17)21/h1-15H. The molecule has 31 heavy (non-hydrogen) atoms. The van der Waals surface area contributed by atoms with Crippen molar-refractivity contribution in [3.8, 4) is 23.3 Å². The van der Waals surface area contributed by atoms with Crippen molar-refractivity contribution in [3.05, 3.63) is 101 Å². The van der Waals surface area contributed by atoms with E-state index in [0.717, 1.165) is 21.5 Å². The molecule has 5 rings (SSSR count). The molecule has 1 heterocycles. The lowest BCUT2D eigenvalue weighted by Crippen LogP contribution is -2.01. The highest BCUT2D eigenvalue weighted by atomic mass is 16.6. The van der Waals surface area contributed by atoms with Crippen LogP contribution in [0.3, 0.4) is 0 Å². The zero-order valence-corrected chi connectivity index (χ0v) is 16.1. The molecule has 0 amide bonds. The van der Waals surface area contributed by atoms with Crippen LogP contribution in [-0.2, 0) is 0 Å². The van der Waals surface area contributed by atoms with E-state index in [0.29, 0.717) is 11.5 Å². The third kappa shape index (κ3) is 3.49. The van der Waals surface area contributed by atoms with Gasteiger partial charge in [-0.1, -0.05) is 72.8 Å². The molecule has 0 aliphatic carbocycles. The number of nitrogens with zero attached hydrogens (tertiary/aromatic N) is 3. The van der Waals surface area contributed by atoms with Crippen molar-refractivity contribution < 1.29 is 14.4 Å². The van der Waals surface area contributed by atoms with Crippen LogP contribution in [0.2, 0.25) is 0 Å². The van der Waals surface area contributed by atoms with E-state index in [1.54, 1.807) is 12.1 Å². The van der Waals surface area contributed by atoms with Gasteiger partial charge in [-0.15, -0.1) is 0 Å². The summed E-state index contributed by atoms with van der Waals surface area (Å²) in [5.41, 5.74) is -0.441. The number of benzene rings is 4. The van der Waals surface area contributed by atoms with Gasteiger partial charge in [0.05, 0.1) is 4.92 Å². The van der Waals surface area contributed by atoms with E-state index in [4.69, 9.17) is 9.47 Å². The van der Waals surface area contributed by atoms with E-state index in [9.17, 15) is 10.1 Å². The lowest BCUT2D eigenvalue weighted by molar-refractivity contribution is -0.387. The molecule has 0 radical (unpaired) electrons. The van der Waals surface area contributed by atoms with Crippen LogP contribution in [-0.4, -0.2) is 14.9 Å². The first-order valence-electron chi connectivity index (χ1n) is 9.51. The first-order valence-corrected chi connectivity index (χ1v) is 9.51. The summed E-state index contributed by atoms with van der Waals surface area (Å²) in [6.07, 6.45) is 1.19. The average molecular weight is 409 g/mol. The smallest absolute Gasteiger partial charge is 0.393 e. The van der Waals surface area contributed by atoms with Crippen LogP contribution in [0.5, 0.6) is 23.3 Å². The predicted octanol–water partition coefficient (Wildman–Crippen LogP) is 6.28. The molecule has 0 spiro atoms. The molecule has 1 aromatic heterocycles. The Kier molecular flexibility index (Phi) is 4.61. The van der Waals surface area contributed by atoms with Gasteiger partial charge in [0.2, 0.25) is 0 Å². The third-order valence-corrected chi connectivity index (χ3v) is 4.85. The number of rotatable bonds is 5. The Balaban J connectivity index is 1.59. The first-order chi connectivity index (χ1) is 15.2. The molecule has 0 fully saturated rings. The summed E-state index contributed by atoms with van der Waals surface area (Å²) in [5.74, 6) is 0.533. The van der Waals surface area contributed by atoms with Crippen LogP contribution in [0.15, 0.2) is 91.3 Å². The molecule has 7 heteroatoms. The Morgan fingerprint density at radius 2 is 1.10 bits per heavy atom. The van der Waals surface area contributed by atoms with E-state index in [1.165, 1.54) is 6.33 Å². The molecule has 7 nitrogen and oxygen atoms in total. The Hall–Kier alpha value is -4.52. The predicted molar refractivity (Wildman–Crippen MR) is 117 cm³/mol. The molecular weight excluding hydrogens is 394 g/mol. The van der Waals surface area contributed by atoms with Gasteiger partial charge >= 0.3 is 17.4 Å². The molecule has 5 aromatic rings. The average Bonchev–Trinajstić information content (AvgIpc) is 2.79. The molecular formula is C24H15N3O4. The van der Waals surface area contributed by atoms with Crippen LogP contribution in [0.25, 0.3) is 21.5 Å². The molecule has 0 N–H and O–H groups in total. The van der Waals surface area contributed by atoms with Gasteiger partial charge in [0, 0.05) is 10.8 Å². The number of hydrogen-bond donors (Lipinski definition) is 0. The van der Waals surface area contributed by atoms with Crippen molar-refractivity contribution >= 4 is 27.2 Å². The lowest BCUT2D eigenvalue weighted by atomic mass is 10.1. The van der Waals surface area contributed by atoms with Crippen LogP contribution < -0.4 is 9.47 Å². The fourth-order valence-corrected chi connectivity index (χ4v) is 3.43. The fourth-order valence-electron chi connectivity index (χ4n) is 3.43. The molecule has 0 aliphatic heterocycles. The number of nitro groups is 1. The van der Waals surface area contributed by atoms with Crippen LogP contribution in [0.1, 0.15) is 0 Å². The number of aromatic nitrogens is 2. The highest BCUT2D eigenvalue weighted by Gasteiger charge is 2.27. The van der Waals surface area contributed by atoms with Crippen LogP contribution >= 0.6 is 0 Å². The van der Waals surface area contributed by atoms with E-state index in [1.807, 2.05) is 72.8 Å². The second-order valence-corrected chi connectivity index (χ2v) is 6.75. The van der Waals surface area contributed by atoms with E-state index < -0.39 is 10.6 Å². The Morgan fingerprint density at radius 1 is 0.645 bits per heavy atom. The summed E-state index contributed by atoms with van der Waals surface area (Å²) in [6, 6.07) is 26.2. The van der Waals surface area contributed by atoms with E-state index in [-0.39, 0.29) is 11.8 Å². The van der Waals surface area contributed by atoms with Gasteiger partial charge in [0.25, 0.3) is 0 Å². The third-order valence-electron chi connectivity index (χ3n) is 4.85. The van der Waals surface area contributed by atoms with Gasteiger partial charge in [-0.3, -0.25) is 10.1 Å². The summed E-state index contributed by atoms with van der Waals surface area (Å²) < 4.78 is 11.8. The summed E-state index contributed by atoms with van der Waals surface area (Å²) in [4.78, 5) is 19.3.